The smallest absolute Gasteiger partial charge is 0.276 e. The second-order valence-corrected chi connectivity index (χ2v) is 6.43. The van der Waals surface area contributed by atoms with Crippen LogP contribution >= 0.6 is 0 Å². The van der Waals surface area contributed by atoms with Crippen molar-refractivity contribution in [1.82, 2.24) is 36.4 Å². The van der Waals surface area contributed by atoms with E-state index in [4.69, 9.17) is 0 Å². The second kappa shape index (κ2) is 6.12. The zero-order valence-corrected chi connectivity index (χ0v) is 14.0. The molecule has 4 atom stereocenters. The SMILES string of the molecule is CC1NN(C)C2NNC(NC(=O)c3nn(-c4ccccc4)cc3O)C12. The normalized spacial score (nSPS) is 28.9. The van der Waals surface area contributed by atoms with Gasteiger partial charge in [-0.1, -0.05) is 18.2 Å². The Kier molecular flexibility index (Phi) is 3.92. The number of hydrazine groups is 2. The minimum Gasteiger partial charge on any atom is -0.504 e. The van der Waals surface area contributed by atoms with Crippen molar-refractivity contribution in [2.75, 3.05) is 7.05 Å². The van der Waals surface area contributed by atoms with E-state index in [0.29, 0.717) is 0 Å². The minimum absolute atomic E-state index is 0.000988. The summed E-state index contributed by atoms with van der Waals surface area (Å²) >= 11 is 0. The number of benzene rings is 1. The van der Waals surface area contributed by atoms with E-state index in [9.17, 15) is 9.90 Å². The van der Waals surface area contributed by atoms with Crippen LogP contribution in [0.25, 0.3) is 5.69 Å². The van der Waals surface area contributed by atoms with E-state index in [1.54, 1.807) is 0 Å². The fraction of sp³-hybridized carbons (Fsp3) is 0.375. The maximum absolute atomic E-state index is 12.6. The molecule has 2 fully saturated rings. The summed E-state index contributed by atoms with van der Waals surface area (Å²) in [6, 6.07) is 9.52. The Morgan fingerprint density at radius 3 is 2.80 bits per heavy atom. The van der Waals surface area contributed by atoms with Gasteiger partial charge in [0.1, 0.15) is 0 Å². The molecule has 3 heterocycles. The number of amides is 1. The third-order valence-corrected chi connectivity index (χ3v) is 4.76. The lowest BCUT2D eigenvalue weighted by atomic mass is 9.98. The molecule has 9 heteroatoms. The molecule has 0 spiro atoms. The Balaban J connectivity index is 1.51. The van der Waals surface area contributed by atoms with Crippen molar-refractivity contribution < 1.29 is 9.90 Å². The Morgan fingerprint density at radius 1 is 1.28 bits per heavy atom. The van der Waals surface area contributed by atoms with Gasteiger partial charge >= 0.3 is 0 Å². The van der Waals surface area contributed by atoms with Gasteiger partial charge in [0.25, 0.3) is 5.91 Å². The Labute approximate surface area is 144 Å². The van der Waals surface area contributed by atoms with E-state index in [1.807, 2.05) is 42.4 Å². The summed E-state index contributed by atoms with van der Waals surface area (Å²) in [6.45, 7) is 2.07. The Morgan fingerprint density at radius 2 is 2.04 bits per heavy atom. The van der Waals surface area contributed by atoms with E-state index in [-0.39, 0.29) is 35.7 Å². The summed E-state index contributed by atoms with van der Waals surface area (Å²) in [5.74, 6) is -0.431. The molecule has 0 radical (unpaired) electrons. The summed E-state index contributed by atoms with van der Waals surface area (Å²) in [4.78, 5) is 12.6. The molecule has 4 rings (SSSR count). The standard InChI is InChI=1S/C16H21N7O2/c1-9-12-14(18-19-15(12)22(2)20-9)17-16(25)13-11(24)8-23(21-13)10-6-4-3-5-7-10/h3-9,12,14-15,18-20,24H,1-2H3,(H,17,25). The topological polar surface area (TPSA) is 106 Å². The molecule has 9 nitrogen and oxygen atoms in total. The van der Waals surface area contributed by atoms with Gasteiger partial charge in [-0.05, 0) is 19.1 Å². The minimum atomic E-state index is -0.422. The lowest BCUT2D eigenvalue weighted by Crippen LogP contribution is -2.51. The lowest BCUT2D eigenvalue weighted by Gasteiger charge is -2.20. The molecule has 2 aromatic rings. The number of hydrogen-bond donors (Lipinski definition) is 5. The second-order valence-electron chi connectivity index (χ2n) is 6.43. The zero-order chi connectivity index (χ0) is 17.6. The van der Waals surface area contributed by atoms with Crippen molar-refractivity contribution >= 4 is 5.91 Å². The van der Waals surface area contributed by atoms with Crippen LogP contribution in [-0.2, 0) is 0 Å². The maximum atomic E-state index is 12.6. The van der Waals surface area contributed by atoms with Crippen molar-refractivity contribution in [2.45, 2.75) is 25.3 Å². The van der Waals surface area contributed by atoms with Crippen LogP contribution in [-0.4, -0.2) is 51.2 Å². The third-order valence-electron chi connectivity index (χ3n) is 4.76. The van der Waals surface area contributed by atoms with Gasteiger partial charge in [0.05, 0.1) is 24.2 Å². The van der Waals surface area contributed by atoms with Crippen LogP contribution in [0.5, 0.6) is 5.75 Å². The van der Waals surface area contributed by atoms with Crippen LogP contribution in [0.15, 0.2) is 36.5 Å². The van der Waals surface area contributed by atoms with E-state index < -0.39 is 5.91 Å². The Bertz CT molecular complexity index is 778. The summed E-state index contributed by atoms with van der Waals surface area (Å²) in [5, 5.41) is 19.2. The lowest BCUT2D eigenvalue weighted by molar-refractivity contribution is 0.0911. The van der Waals surface area contributed by atoms with E-state index in [0.717, 1.165) is 5.69 Å². The summed E-state index contributed by atoms with van der Waals surface area (Å²) in [5.41, 5.74) is 10.3. The molecule has 132 valence electrons. The first kappa shape index (κ1) is 16.0. The fourth-order valence-electron chi connectivity index (χ4n) is 3.54. The molecule has 0 bridgehead atoms. The molecule has 0 saturated carbocycles. The number of nitrogens with one attached hydrogen (secondary N) is 4. The average Bonchev–Trinajstić information content (AvgIpc) is 3.26. The summed E-state index contributed by atoms with van der Waals surface area (Å²) < 4.78 is 1.49. The van der Waals surface area contributed by atoms with Crippen LogP contribution in [0.4, 0.5) is 0 Å². The van der Waals surface area contributed by atoms with Gasteiger partial charge in [0.2, 0.25) is 0 Å². The maximum Gasteiger partial charge on any atom is 0.276 e. The number of rotatable bonds is 3. The quantitative estimate of drug-likeness (QED) is 0.513. The number of aromatic nitrogens is 2. The Hall–Kier alpha value is -2.46. The molecular formula is C16H21N7O2. The van der Waals surface area contributed by atoms with Crippen molar-refractivity contribution in [1.29, 1.82) is 0 Å². The van der Waals surface area contributed by atoms with Crippen LogP contribution in [0.2, 0.25) is 0 Å². The highest BCUT2D eigenvalue weighted by Crippen LogP contribution is 2.25. The highest BCUT2D eigenvalue weighted by atomic mass is 16.3. The van der Waals surface area contributed by atoms with Crippen molar-refractivity contribution in [3.63, 3.8) is 0 Å². The van der Waals surface area contributed by atoms with Gasteiger partial charge in [0.15, 0.2) is 11.4 Å². The van der Waals surface area contributed by atoms with Gasteiger partial charge in [-0.2, -0.15) is 5.10 Å². The predicted molar refractivity (Wildman–Crippen MR) is 90.4 cm³/mol. The van der Waals surface area contributed by atoms with Gasteiger partial charge in [-0.25, -0.2) is 20.5 Å². The van der Waals surface area contributed by atoms with Crippen LogP contribution in [0.3, 0.4) is 0 Å². The number of carbonyl (C=O) groups excluding carboxylic acids is 1. The summed E-state index contributed by atoms with van der Waals surface area (Å²) in [7, 11) is 1.95. The van der Waals surface area contributed by atoms with Crippen molar-refractivity contribution in [3.8, 4) is 11.4 Å². The number of fused-ring (bicyclic) bond motifs is 1. The molecule has 4 unspecified atom stereocenters. The van der Waals surface area contributed by atoms with Crippen LogP contribution in [0.1, 0.15) is 17.4 Å². The molecule has 1 amide bonds. The molecule has 2 aliphatic rings. The molecule has 5 N–H and O–H groups in total. The zero-order valence-electron chi connectivity index (χ0n) is 14.0. The van der Waals surface area contributed by atoms with E-state index in [1.165, 1.54) is 10.9 Å². The van der Waals surface area contributed by atoms with Gasteiger partial charge < -0.3 is 10.4 Å². The van der Waals surface area contributed by atoms with Crippen molar-refractivity contribution in [3.05, 3.63) is 42.2 Å². The summed E-state index contributed by atoms with van der Waals surface area (Å²) in [6.07, 6.45) is 1.24. The number of para-hydroxylation sites is 1. The molecule has 2 saturated heterocycles. The first-order valence-electron chi connectivity index (χ1n) is 8.19. The predicted octanol–water partition coefficient (Wildman–Crippen LogP) is -0.478. The largest absolute Gasteiger partial charge is 0.504 e. The van der Waals surface area contributed by atoms with Crippen LogP contribution < -0.4 is 21.6 Å². The van der Waals surface area contributed by atoms with Gasteiger partial charge in [-0.3, -0.25) is 10.2 Å². The van der Waals surface area contributed by atoms with E-state index >= 15 is 0 Å². The third kappa shape index (κ3) is 2.76. The average molecular weight is 343 g/mol. The highest BCUT2D eigenvalue weighted by molar-refractivity contribution is 5.95. The highest BCUT2D eigenvalue weighted by Gasteiger charge is 2.47. The number of hydrogen-bond acceptors (Lipinski definition) is 7. The first-order chi connectivity index (χ1) is 12.0. The number of nitrogens with zero attached hydrogens (tertiary/aromatic N) is 3. The van der Waals surface area contributed by atoms with Crippen molar-refractivity contribution in [2.24, 2.45) is 5.92 Å². The van der Waals surface area contributed by atoms with Crippen LogP contribution in [0, 0.1) is 5.92 Å². The molecular weight excluding hydrogens is 322 g/mol. The molecule has 1 aromatic heterocycles. The van der Waals surface area contributed by atoms with E-state index in [2.05, 4.69) is 33.6 Å². The fourth-order valence-corrected chi connectivity index (χ4v) is 3.54. The number of aromatic hydroxyl groups is 1. The monoisotopic (exact) mass is 343 g/mol. The van der Waals surface area contributed by atoms with Gasteiger partial charge in [-0.15, -0.1) is 0 Å². The first-order valence-corrected chi connectivity index (χ1v) is 8.19. The molecule has 1 aromatic carbocycles. The number of carbonyl (C=O) groups is 1. The molecule has 25 heavy (non-hydrogen) atoms. The molecule has 2 aliphatic heterocycles. The van der Waals surface area contributed by atoms with Gasteiger partial charge in [0, 0.05) is 19.0 Å². The molecule has 0 aliphatic carbocycles.